The fourth-order valence-corrected chi connectivity index (χ4v) is 2.81. The molecule has 0 radical (unpaired) electrons. The van der Waals surface area contributed by atoms with E-state index in [1.807, 2.05) is 11.0 Å². The van der Waals surface area contributed by atoms with Gasteiger partial charge in [0, 0.05) is 32.6 Å². The van der Waals surface area contributed by atoms with Gasteiger partial charge in [0.1, 0.15) is 5.75 Å². The molecule has 0 saturated carbocycles. The van der Waals surface area contributed by atoms with Gasteiger partial charge in [-0.15, -0.1) is 0 Å². The normalized spacial score (nSPS) is 15.0. The molecule has 22 heavy (non-hydrogen) atoms. The van der Waals surface area contributed by atoms with E-state index in [0.717, 1.165) is 51.4 Å². The predicted molar refractivity (Wildman–Crippen MR) is 89.5 cm³/mol. The van der Waals surface area contributed by atoms with E-state index in [2.05, 4.69) is 32.2 Å². The highest BCUT2D eigenvalue weighted by molar-refractivity contribution is 5.76. The molecule has 122 valence electrons. The number of nitrogens with one attached hydrogen (secondary N) is 1. The summed E-state index contributed by atoms with van der Waals surface area (Å²) in [5.74, 6) is 1.24. The van der Waals surface area contributed by atoms with Gasteiger partial charge in [-0.05, 0) is 49.4 Å². The Labute approximate surface area is 133 Å². The number of nitrogens with zero attached hydrogens (tertiary/aromatic N) is 1. The summed E-state index contributed by atoms with van der Waals surface area (Å²) in [5, 5.41) is 3.28. The van der Waals surface area contributed by atoms with Gasteiger partial charge < -0.3 is 15.0 Å². The molecule has 0 aliphatic carbocycles. The number of rotatable bonds is 6. The lowest BCUT2D eigenvalue weighted by Gasteiger charge is -2.27. The Morgan fingerprint density at radius 2 is 1.95 bits per heavy atom. The fraction of sp³-hybridized carbons (Fsp3) is 0.611. The Bertz CT molecular complexity index is 508. The number of piperazine rings is 1. The first-order valence-electron chi connectivity index (χ1n) is 8.33. The van der Waals surface area contributed by atoms with E-state index in [1.165, 1.54) is 16.7 Å². The van der Waals surface area contributed by atoms with E-state index >= 15 is 0 Å². The van der Waals surface area contributed by atoms with E-state index in [9.17, 15) is 4.79 Å². The zero-order valence-electron chi connectivity index (χ0n) is 14.1. The van der Waals surface area contributed by atoms with Crippen LogP contribution in [0, 0.1) is 13.8 Å². The minimum absolute atomic E-state index is 0.268. The van der Waals surface area contributed by atoms with Crippen molar-refractivity contribution < 1.29 is 9.53 Å². The Balaban J connectivity index is 1.94. The third kappa shape index (κ3) is 4.23. The van der Waals surface area contributed by atoms with Crippen molar-refractivity contribution >= 4 is 5.91 Å². The summed E-state index contributed by atoms with van der Waals surface area (Å²) < 4.78 is 5.76. The van der Waals surface area contributed by atoms with Crippen LogP contribution in [0.4, 0.5) is 0 Å². The van der Waals surface area contributed by atoms with Gasteiger partial charge in [-0.3, -0.25) is 4.79 Å². The second kappa shape index (κ2) is 8.18. The lowest BCUT2D eigenvalue weighted by atomic mass is 9.98. The van der Waals surface area contributed by atoms with E-state index < -0.39 is 0 Å². The number of amides is 1. The van der Waals surface area contributed by atoms with Crippen LogP contribution < -0.4 is 10.1 Å². The Morgan fingerprint density at radius 1 is 1.23 bits per heavy atom. The quantitative estimate of drug-likeness (QED) is 0.878. The van der Waals surface area contributed by atoms with Gasteiger partial charge in [-0.2, -0.15) is 0 Å². The molecular weight excluding hydrogens is 276 g/mol. The number of hydrogen-bond acceptors (Lipinski definition) is 3. The molecule has 1 aromatic carbocycles. The van der Waals surface area contributed by atoms with Crippen LogP contribution in [0.1, 0.15) is 36.5 Å². The Morgan fingerprint density at radius 3 is 2.64 bits per heavy atom. The first-order chi connectivity index (χ1) is 10.6. The van der Waals surface area contributed by atoms with Crippen LogP contribution in [0.25, 0.3) is 0 Å². The molecule has 1 saturated heterocycles. The highest BCUT2D eigenvalue weighted by atomic mass is 16.5. The molecule has 0 unspecified atom stereocenters. The zero-order chi connectivity index (χ0) is 15.9. The molecule has 0 spiro atoms. The molecule has 0 atom stereocenters. The second-order valence-electron chi connectivity index (χ2n) is 5.95. The van der Waals surface area contributed by atoms with Crippen molar-refractivity contribution in [1.29, 1.82) is 0 Å². The molecule has 4 heteroatoms. The van der Waals surface area contributed by atoms with Crippen LogP contribution in [0.3, 0.4) is 0 Å². The van der Waals surface area contributed by atoms with Crippen LogP contribution in [0.15, 0.2) is 12.1 Å². The summed E-state index contributed by atoms with van der Waals surface area (Å²) >= 11 is 0. The van der Waals surface area contributed by atoms with Gasteiger partial charge in [0.05, 0.1) is 6.61 Å². The van der Waals surface area contributed by atoms with Crippen LogP contribution in [0.5, 0.6) is 5.75 Å². The topological polar surface area (TPSA) is 41.6 Å². The van der Waals surface area contributed by atoms with Crippen LogP contribution in [-0.4, -0.2) is 43.6 Å². The smallest absolute Gasteiger partial charge is 0.222 e. The average molecular weight is 304 g/mol. The summed E-state index contributed by atoms with van der Waals surface area (Å²) in [5.41, 5.74) is 3.70. The SMILES string of the molecule is CCCOc1ccc(CCC(=O)N2CCNCC2)c(C)c1C. The van der Waals surface area contributed by atoms with Crippen molar-refractivity contribution in [1.82, 2.24) is 10.2 Å². The third-order valence-electron chi connectivity index (χ3n) is 4.39. The minimum atomic E-state index is 0.268. The lowest BCUT2D eigenvalue weighted by molar-refractivity contribution is -0.131. The number of carbonyl (C=O) groups is 1. The van der Waals surface area contributed by atoms with Gasteiger partial charge in [-0.25, -0.2) is 0 Å². The van der Waals surface area contributed by atoms with Gasteiger partial charge in [0.2, 0.25) is 5.91 Å². The predicted octanol–water partition coefficient (Wildman–Crippen LogP) is 2.46. The standard InChI is InChI=1S/C18H28N2O2/c1-4-13-22-17-7-5-16(14(2)15(17)3)6-8-18(21)20-11-9-19-10-12-20/h5,7,19H,4,6,8-13H2,1-3H3. The molecule has 1 aliphatic rings. The number of carbonyl (C=O) groups excluding carboxylic acids is 1. The number of aryl methyl sites for hydroxylation is 1. The van der Waals surface area contributed by atoms with Crippen molar-refractivity contribution in [3.05, 3.63) is 28.8 Å². The highest BCUT2D eigenvalue weighted by Crippen LogP contribution is 2.25. The molecule has 1 heterocycles. The van der Waals surface area contributed by atoms with Crippen LogP contribution in [-0.2, 0) is 11.2 Å². The summed E-state index contributed by atoms with van der Waals surface area (Å²) in [7, 11) is 0. The number of ether oxygens (including phenoxy) is 1. The molecule has 1 amide bonds. The van der Waals surface area contributed by atoms with E-state index in [0.29, 0.717) is 6.42 Å². The summed E-state index contributed by atoms with van der Waals surface area (Å²) in [6, 6.07) is 4.15. The largest absolute Gasteiger partial charge is 0.493 e. The van der Waals surface area contributed by atoms with E-state index in [-0.39, 0.29) is 5.91 Å². The highest BCUT2D eigenvalue weighted by Gasteiger charge is 2.16. The van der Waals surface area contributed by atoms with Gasteiger partial charge in [0.15, 0.2) is 0 Å². The van der Waals surface area contributed by atoms with Crippen molar-refractivity contribution in [2.45, 2.75) is 40.0 Å². The maximum absolute atomic E-state index is 12.2. The number of hydrogen-bond donors (Lipinski definition) is 1. The molecule has 1 aliphatic heterocycles. The minimum Gasteiger partial charge on any atom is -0.493 e. The maximum atomic E-state index is 12.2. The second-order valence-corrected chi connectivity index (χ2v) is 5.95. The molecule has 1 aromatic rings. The van der Waals surface area contributed by atoms with Gasteiger partial charge in [0.25, 0.3) is 0 Å². The van der Waals surface area contributed by atoms with E-state index in [4.69, 9.17) is 4.74 Å². The van der Waals surface area contributed by atoms with Gasteiger partial charge >= 0.3 is 0 Å². The maximum Gasteiger partial charge on any atom is 0.222 e. The molecule has 0 aromatic heterocycles. The monoisotopic (exact) mass is 304 g/mol. The molecular formula is C18H28N2O2. The summed E-state index contributed by atoms with van der Waals surface area (Å²) in [4.78, 5) is 14.2. The first kappa shape index (κ1) is 16.8. The summed E-state index contributed by atoms with van der Waals surface area (Å²) in [6.45, 7) is 10.6. The van der Waals surface area contributed by atoms with Crippen LogP contribution in [0.2, 0.25) is 0 Å². The lowest BCUT2D eigenvalue weighted by Crippen LogP contribution is -2.46. The molecule has 2 rings (SSSR count). The fourth-order valence-electron chi connectivity index (χ4n) is 2.81. The Hall–Kier alpha value is -1.55. The van der Waals surface area contributed by atoms with Crippen molar-refractivity contribution in [2.75, 3.05) is 32.8 Å². The molecule has 0 bridgehead atoms. The van der Waals surface area contributed by atoms with Crippen molar-refractivity contribution in [3.63, 3.8) is 0 Å². The summed E-state index contributed by atoms with van der Waals surface area (Å²) in [6.07, 6.45) is 2.42. The van der Waals surface area contributed by atoms with Crippen LogP contribution >= 0.6 is 0 Å². The van der Waals surface area contributed by atoms with E-state index in [1.54, 1.807) is 0 Å². The third-order valence-corrected chi connectivity index (χ3v) is 4.39. The number of benzene rings is 1. The van der Waals surface area contributed by atoms with Crippen molar-refractivity contribution in [3.8, 4) is 5.75 Å². The zero-order valence-corrected chi connectivity index (χ0v) is 14.1. The Kier molecular flexibility index (Phi) is 6.25. The molecule has 1 N–H and O–H groups in total. The first-order valence-corrected chi connectivity index (χ1v) is 8.33. The average Bonchev–Trinajstić information content (AvgIpc) is 2.56. The molecule has 4 nitrogen and oxygen atoms in total. The van der Waals surface area contributed by atoms with Gasteiger partial charge in [-0.1, -0.05) is 13.0 Å². The van der Waals surface area contributed by atoms with Crippen molar-refractivity contribution in [2.24, 2.45) is 0 Å². The molecule has 1 fully saturated rings.